The van der Waals surface area contributed by atoms with E-state index >= 15 is 0 Å². The molecule has 152 valence electrons. The maximum Gasteiger partial charge on any atom is 0.237 e. The molecule has 0 aromatic heterocycles. The molecule has 0 spiro atoms. The number of primary amides is 1. The minimum atomic E-state index is -0.222. The zero-order valence-electron chi connectivity index (χ0n) is 16.3. The van der Waals surface area contributed by atoms with Crippen LogP contribution in [0.5, 0.6) is 11.5 Å². The van der Waals surface area contributed by atoms with Gasteiger partial charge >= 0.3 is 0 Å². The molecule has 1 aromatic carbocycles. The van der Waals surface area contributed by atoms with E-state index in [1.807, 2.05) is 17.0 Å². The Hall–Kier alpha value is -2.28. The summed E-state index contributed by atoms with van der Waals surface area (Å²) in [7, 11) is 0. The van der Waals surface area contributed by atoms with Gasteiger partial charge in [-0.15, -0.1) is 0 Å². The first-order chi connectivity index (χ1) is 13.6. The van der Waals surface area contributed by atoms with Crippen molar-refractivity contribution in [2.24, 2.45) is 11.7 Å². The fourth-order valence-electron chi connectivity index (χ4n) is 4.46. The van der Waals surface area contributed by atoms with Gasteiger partial charge in [-0.25, -0.2) is 0 Å². The second-order valence-electron chi connectivity index (χ2n) is 7.95. The fourth-order valence-corrected chi connectivity index (χ4v) is 4.46. The third-order valence-corrected chi connectivity index (χ3v) is 6.08. The number of rotatable bonds is 4. The molecule has 1 aromatic rings. The lowest BCUT2D eigenvalue weighted by atomic mass is 9.96. The first-order valence-corrected chi connectivity index (χ1v) is 10.3. The van der Waals surface area contributed by atoms with Crippen molar-refractivity contribution in [3.05, 3.63) is 23.8 Å². The van der Waals surface area contributed by atoms with Crippen LogP contribution in [0.3, 0.4) is 0 Å². The van der Waals surface area contributed by atoms with Gasteiger partial charge in [0.15, 0.2) is 11.5 Å². The first kappa shape index (κ1) is 19.1. The molecule has 2 N–H and O–H groups in total. The Bertz CT molecular complexity index is 730. The van der Waals surface area contributed by atoms with E-state index in [0.717, 1.165) is 68.8 Å². The van der Waals surface area contributed by atoms with Crippen molar-refractivity contribution >= 4 is 11.8 Å². The van der Waals surface area contributed by atoms with E-state index in [2.05, 4.69) is 11.0 Å². The quantitative estimate of drug-likeness (QED) is 0.850. The summed E-state index contributed by atoms with van der Waals surface area (Å²) in [5.41, 5.74) is 6.52. The third kappa shape index (κ3) is 4.09. The molecule has 0 bridgehead atoms. The van der Waals surface area contributed by atoms with Crippen LogP contribution in [0.25, 0.3) is 0 Å². The SMILES string of the molecule is NC(=O)C1CCN(CC(=O)N2CCC[C@@H]2c2ccc3c(c2)OCCCO3)CC1. The topological polar surface area (TPSA) is 85.1 Å². The van der Waals surface area contributed by atoms with Gasteiger partial charge in [0.25, 0.3) is 0 Å². The lowest BCUT2D eigenvalue weighted by Crippen LogP contribution is -2.44. The predicted molar refractivity (Wildman–Crippen MR) is 104 cm³/mol. The number of hydrogen-bond acceptors (Lipinski definition) is 5. The van der Waals surface area contributed by atoms with Crippen LogP contribution in [0.15, 0.2) is 18.2 Å². The lowest BCUT2D eigenvalue weighted by Gasteiger charge is -2.32. The number of nitrogens with two attached hydrogens (primary N) is 1. The van der Waals surface area contributed by atoms with Crippen molar-refractivity contribution in [1.82, 2.24) is 9.80 Å². The molecule has 2 saturated heterocycles. The average molecular weight is 387 g/mol. The number of amides is 2. The number of fused-ring (bicyclic) bond motifs is 1. The summed E-state index contributed by atoms with van der Waals surface area (Å²) >= 11 is 0. The molecule has 3 aliphatic heterocycles. The van der Waals surface area contributed by atoms with Crippen molar-refractivity contribution in [2.75, 3.05) is 39.4 Å². The zero-order valence-corrected chi connectivity index (χ0v) is 16.3. The van der Waals surface area contributed by atoms with Crippen LogP contribution in [-0.2, 0) is 9.59 Å². The fraction of sp³-hybridized carbons (Fsp3) is 0.619. The summed E-state index contributed by atoms with van der Waals surface area (Å²) < 4.78 is 11.5. The van der Waals surface area contributed by atoms with Crippen molar-refractivity contribution in [1.29, 1.82) is 0 Å². The van der Waals surface area contributed by atoms with Gasteiger partial charge in [0.1, 0.15) is 0 Å². The Morgan fingerprint density at radius 1 is 1.00 bits per heavy atom. The van der Waals surface area contributed by atoms with Gasteiger partial charge in [-0.3, -0.25) is 14.5 Å². The van der Waals surface area contributed by atoms with Crippen LogP contribution < -0.4 is 15.2 Å². The summed E-state index contributed by atoms with van der Waals surface area (Å²) in [5, 5.41) is 0. The summed E-state index contributed by atoms with van der Waals surface area (Å²) in [4.78, 5) is 28.5. The molecule has 0 aliphatic carbocycles. The van der Waals surface area contributed by atoms with E-state index in [1.165, 1.54) is 0 Å². The molecular formula is C21H29N3O4. The second kappa shape index (κ2) is 8.39. The molecule has 1 atom stereocenters. The monoisotopic (exact) mass is 387 g/mol. The van der Waals surface area contributed by atoms with Crippen LogP contribution in [-0.4, -0.2) is 61.0 Å². The van der Waals surface area contributed by atoms with E-state index < -0.39 is 0 Å². The standard InChI is InChI=1S/C21H29N3O4/c22-21(26)15-6-9-23(10-7-15)14-20(25)24-8-1-3-17(24)16-4-5-18-19(13-16)28-12-2-11-27-18/h4-5,13,15,17H,1-3,6-12,14H2,(H2,22,26)/t17-/m1/s1. The number of carbonyl (C=O) groups excluding carboxylic acids is 2. The molecule has 3 aliphatic rings. The van der Waals surface area contributed by atoms with Crippen molar-refractivity contribution < 1.29 is 19.1 Å². The van der Waals surface area contributed by atoms with Gasteiger partial charge in [-0.1, -0.05) is 6.07 Å². The minimum absolute atomic E-state index is 0.0484. The Labute approximate surface area is 165 Å². The van der Waals surface area contributed by atoms with E-state index in [0.29, 0.717) is 19.8 Å². The van der Waals surface area contributed by atoms with Crippen LogP contribution in [0, 0.1) is 5.92 Å². The number of piperidine rings is 1. The average Bonchev–Trinajstić information content (AvgIpc) is 3.07. The largest absolute Gasteiger partial charge is 0.490 e. The summed E-state index contributed by atoms with van der Waals surface area (Å²) in [5.74, 6) is 1.46. The Morgan fingerprint density at radius 3 is 2.50 bits per heavy atom. The molecule has 4 rings (SSSR count). The molecular weight excluding hydrogens is 358 g/mol. The molecule has 0 unspecified atom stereocenters. The number of nitrogens with zero attached hydrogens (tertiary/aromatic N) is 2. The van der Waals surface area contributed by atoms with Crippen LogP contribution in [0.4, 0.5) is 0 Å². The highest BCUT2D eigenvalue weighted by Gasteiger charge is 2.32. The van der Waals surface area contributed by atoms with E-state index in [-0.39, 0.29) is 23.8 Å². The minimum Gasteiger partial charge on any atom is -0.490 e. The van der Waals surface area contributed by atoms with Gasteiger partial charge < -0.3 is 20.1 Å². The van der Waals surface area contributed by atoms with E-state index in [1.54, 1.807) is 0 Å². The number of likely N-dealkylation sites (tertiary alicyclic amines) is 2. The Morgan fingerprint density at radius 2 is 1.75 bits per heavy atom. The molecule has 2 fully saturated rings. The molecule has 2 amide bonds. The highest BCUT2D eigenvalue weighted by atomic mass is 16.5. The maximum atomic E-state index is 13.0. The normalized spacial score (nSPS) is 23.4. The molecule has 0 saturated carbocycles. The van der Waals surface area contributed by atoms with Gasteiger partial charge in [-0.2, -0.15) is 0 Å². The van der Waals surface area contributed by atoms with Crippen LogP contribution in [0.1, 0.15) is 43.7 Å². The number of ether oxygens (including phenoxy) is 2. The van der Waals surface area contributed by atoms with Crippen molar-refractivity contribution in [3.63, 3.8) is 0 Å². The number of hydrogen-bond donors (Lipinski definition) is 1. The summed E-state index contributed by atoms with van der Waals surface area (Å²) in [6, 6.07) is 6.15. The van der Waals surface area contributed by atoms with Gasteiger partial charge in [0.2, 0.25) is 11.8 Å². The highest BCUT2D eigenvalue weighted by molar-refractivity contribution is 5.79. The molecule has 7 heteroatoms. The number of carbonyl (C=O) groups is 2. The Kier molecular flexibility index (Phi) is 5.71. The first-order valence-electron chi connectivity index (χ1n) is 10.3. The van der Waals surface area contributed by atoms with Crippen LogP contribution >= 0.6 is 0 Å². The molecule has 3 heterocycles. The van der Waals surface area contributed by atoms with Gasteiger partial charge in [0, 0.05) is 18.9 Å². The smallest absolute Gasteiger partial charge is 0.237 e. The van der Waals surface area contributed by atoms with Crippen molar-refractivity contribution in [3.8, 4) is 11.5 Å². The lowest BCUT2D eigenvalue weighted by molar-refractivity contribution is -0.133. The van der Waals surface area contributed by atoms with Gasteiger partial charge in [-0.05, 0) is 56.5 Å². The van der Waals surface area contributed by atoms with E-state index in [4.69, 9.17) is 15.2 Å². The third-order valence-electron chi connectivity index (χ3n) is 6.08. The van der Waals surface area contributed by atoms with Gasteiger partial charge in [0.05, 0.1) is 25.8 Å². The second-order valence-corrected chi connectivity index (χ2v) is 7.95. The zero-order chi connectivity index (χ0) is 19.5. The summed E-state index contributed by atoms with van der Waals surface area (Å²) in [6.07, 6.45) is 4.34. The maximum absolute atomic E-state index is 13.0. The van der Waals surface area contributed by atoms with E-state index in [9.17, 15) is 9.59 Å². The highest BCUT2D eigenvalue weighted by Crippen LogP contribution is 2.38. The molecule has 7 nitrogen and oxygen atoms in total. The van der Waals surface area contributed by atoms with Crippen LogP contribution in [0.2, 0.25) is 0 Å². The molecule has 0 radical (unpaired) electrons. The predicted octanol–water partition coefficient (Wildman–Crippen LogP) is 1.71. The molecule has 28 heavy (non-hydrogen) atoms. The Balaban J connectivity index is 1.40. The van der Waals surface area contributed by atoms with Crippen molar-refractivity contribution in [2.45, 2.75) is 38.1 Å². The number of benzene rings is 1. The summed E-state index contributed by atoms with van der Waals surface area (Å²) in [6.45, 7) is 4.03.